The number of nitrogens with one attached hydrogen (secondary N) is 3. The molecule has 0 aliphatic heterocycles. The number of hydrogen-bond donors (Lipinski definition) is 5. The lowest BCUT2D eigenvalue weighted by Gasteiger charge is -2.11. The van der Waals surface area contributed by atoms with Crippen molar-refractivity contribution >= 4 is 40.4 Å². The van der Waals surface area contributed by atoms with Crippen molar-refractivity contribution in [3.8, 4) is 0 Å². The number of rotatable bonds is 7. The van der Waals surface area contributed by atoms with Crippen molar-refractivity contribution in [1.82, 2.24) is 15.0 Å². The largest absolute Gasteiger partial charge is 0.490 e. The second-order valence-corrected chi connectivity index (χ2v) is 7.11. The van der Waals surface area contributed by atoms with Gasteiger partial charge in [0.1, 0.15) is 11.5 Å². The summed E-state index contributed by atoms with van der Waals surface area (Å²) in [6.07, 6.45) is -2.17. The summed E-state index contributed by atoms with van der Waals surface area (Å²) >= 11 is 0. The third-order valence-corrected chi connectivity index (χ3v) is 4.10. The minimum absolute atomic E-state index is 0.452. The molecular weight excluding hydrogens is 429 g/mol. The van der Waals surface area contributed by atoms with Crippen molar-refractivity contribution in [3.63, 3.8) is 0 Å². The third kappa shape index (κ3) is 7.15. The van der Waals surface area contributed by atoms with Gasteiger partial charge in [-0.2, -0.15) is 23.1 Å². The number of carboxylic acids is 1. The number of H-pyrrole nitrogens is 1. The quantitative estimate of drug-likeness (QED) is 0.365. The Labute approximate surface area is 181 Å². The zero-order valence-corrected chi connectivity index (χ0v) is 17.3. The number of aromatic amines is 1. The van der Waals surface area contributed by atoms with Gasteiger partial charge in [0.25, 0.3) is 0 Å². The number of benzene rings is 1. The zero-order chi connectivity index (χ0) is 23.9. The molecule has 6 N–H and O–H groups in total. The predicted molar refractivity (Wildman–Crippen MR) is 114 cm³/mol. The van der Waals surface area contributed by atoms with Gasteiger partial charge in [0.2, 0.25) is 11.9 Å². The van der Waals surface area contributed by atoms with Crippen molar-refractivity contribution in [2.45, 2.75) is 26.4 Å². The van der Waals surface area contributed by atoms with E-state index in [1.54, 1.807) is 24.3 Å². The zero-order valence-electron chi connectivity index (χ0n) is 17.3. The van der Waals surface area contributed by atoms with Crippen LogP contribution in [0.2, 0.25) is 0 Å². The number of alkyl halides is 3. The summed E-state index contributed by atoms with van der Waals surface area (Å²) in [6.45, 7) is 5.23. The number of aromatic nitrogens is 3. The van der Waals surface area contributed by atoms with Gasteiger partial charge in [-0.1, -0.05) is 13.8 Å². The van der Waals surface area contributed by atoms with Crippen LogP contribution < -0.4 is 16.4 Å². The van der Waals surface area contributed by atoms with Gasteiger partial charge in [-0.15, -0.1) is 0 Å². The maximum absolute atomic E-state index is 11.1. The SMILES string of the molecule is CC(C)CCNc1nc(Nc2ccc(C(N)=O)cc2)nc2[nH]ccc12.O=C(O)C(F)(F)F. The molecule has 0 unspecified atom stereocenters. The number of nitrogens with zero attached hydrogens (tertiary/aromatic N) is 2. The van der Waals surface area contributed by atoms with Crippen LogP contribution in [0.25, 0.3) is 11.0 Å². The highest BCUT2D eigenvalue weighted by molar-refractivity contribution is 5.93. The summed E-state index contributed by atoms with van der Waals surface area (Å²) in [5.41, 5.74) is 7.26. The van der Waals surface area contributed by atoms with Crippen molar-refractivity contribution in [1.29, 1.82) is 0 Å². The lowest BCUT2D eigenvalue weighted by molar-refractivity contribution is -0.192. The first kappa shape index (κ1) is 24.4. The topological polar surface area (TPSA) is 146 Å². The molecule has 12 heteroatoms. The number of carbonyl (C=O) groups excluding carboxylic acids is 1. The average molecular weight is 452 g/mol. The molecule has 0 bridgehead atoms. The molecule has 0 spiro atoms. The first-order valence-corrected chi connectivity index (χ1v) is 9.53. The number of amides is 1. The molecule has 1 aromatic carbocycles. The van der Waals surface area contributed by atoms with E-state index in [2.05, 4.69) is 39.4 Å². The van der Waals surface area contributed by atoms with Gasteiger partial charge in [0.05, 0.1) is 5.39 Å². The van der Waals surface area contributed by atoms with Crippen LogP contribution in [0, 0.1) is 5.92 Å². The van der Waals surface area contributed by atoms with Gasteiger partial charge in [-0.25, -0.2) is 4.79 Å². The number of aliphatic carboxylic acids is 1. The molecule has 0 fully saturated rings. The number of primary amides is 1. The minimum atomic E-state index is -5.08. The molecule has 172 valence electrons. The Morgan fingerprint density at radius 3 is 2.31 bits per heavy atom. The third-order valence-electron chi connectivity index (χ3n) is 4.10. The van der Waals surface area contributed by atoms with Crippen LogP contribution in [-0.4, -0.2) is 44.7 Å². The standard InChI is InChI=1S/C18H22N6O.C2HF3O2/c1-11(2)7-9-20-16-14-8-10-21-17(14)24-18(23-16)22-13-5-3-12(4-6-13)15(19)25;3-2(4,5)1(6)7/h3-6,8,10-11H,7,9H2,1-2H3,(H2,19,25)(H3,20,21,22,23,24);(H,6,7). The van der Waals surface area contributed by atoms with Gasteiger partial charge in [0, 0.05) is 24.0 Å². The first-order valence-electron chi connectivity index (χ1n) is 9.53. The van der Waals surface area contributed by atoms with Crippen LogP contribution in [0.4, 0.5) is 30.6 Å². The number of halogens is 3. The first-order chi connectivity index (χ1) is 15.0. The Hall–Kier alpha value is -3.83. The molecule has 0 radical (unpaired) electrons. The van der Waals surface area contributed by atoms with Gasteiger partial charge in [-0.3, -0.25) is 4.79 Å². The minimum Gasteiger partial charge on any atom is -0.475 e. The van der Waals surface area contributed by atoms with Crippen LogP contribution in [0.1, 0.15) is 30.6 Å². The van der Waals surface area contributed by atoms with Crippen LogP contribution in [0.5, 0.6) is 0 Å². The number of carboxylic acid groups (broad SMARTS) is 1. The Bertz CT molecular complexity index is 1060. The van der Waals surface area contributed by atoms with Gasteiger partial charge in [-0.05, 0) is 42.7 Å². The van der Waals surface area contributed by atoms with Crippen LogP contribution in [-0.2, 0) is 4.79 Å². The summed E-state index contributed by atoms with van der Waals surface area (Å²) in [4.78, 5) is 32.2. The second-order valence-electron chi connectivity index (χ2n) is 7.11. The summed E-state index contributed by atoms with van der Waals surface area (Å²) in [5, 5.41) is 14.6. The summed E-state index contributed by atoms with van der Waals surface area (Å²) in [7, 11) is 0. The number of nitrogens with two attached hydrogens (primary N) is 1. The Morgan fingerprint density at radius 1 is 1.16 bits per heavy atom. The van der Waals surface area contributed by atoms with Crippen molar-refractivity contribution < 1.29 is 27.9 Å². The number of hydrogen-bond acceptors (Lipinski definition) is 6. The Kier molecular flexibility index (Phi) is 7.99. The van der Waals surface area contributed by atoms with Gasteiger partial charge >= 0.3 is 12.1 Å². The van der Waals surface area contributed by atoms with E-state index in [-0.39, 0.29) is 0 Å². The normalized spacial score (nSPS) is 11.1. The highest BCUT2D eigenvalue weighted by Crippen LogP contribution is 2.23. The fourth-order valence-corrected chi connectivity index (χ4v) is 2.46. The molecule has 3 rings (SSSR count). The molecule has 2 aromatic heterocycles. The molecule has 9 nitrogen and oxygen atoms in total. The molecule has 32 heavy (non-hydrogen) atoms. The van der Waals surface area contributed by atoms with Crippen molar-refractivity contribution in [2.24, 2.45) is 11.7 Å². The van der Waals surface area contributed by atoms with E-state index < -0.39 is 18.1 Å². The molecule has 0 aliphatic carbocycles. The van der Waals surface area contributed by atoms with Gasteiger partial charge in [0.15, 0.2) is 0 Å². The monoisotopic (exact) mass is 452 g/mol. The lowest BCUT2D eigenvalue weighted by atomic mass is 10.1. The molecule has 0 atom stereocenters. The molecule has 0 saturated heterocycles. The van der Waals surface area contributed by atoms with E-state index in [0.29, 0.717) is 17.4 Å². The molecular formula is C20H23F3N6O3. The van der Waals surface area contributed by atoms with Gasteiger partial charge < -0.3 is 26.5 Å². The summed E-state index contributed by atoms with van der Waals surface area (Å²) in [6, 6.07) is 8.83. The van der Waals surface area contributed by atoms with Crippen molar-refractivity contribution in [3.05, 3.63) is 42.1 Å². The second kappa shape index (κ2) is 10.5. The van der Waals surface area contributed by atoms with E-state index in [9.17, 15) is 18.0 Å². The summed E-state index contributed by atoms with van der Waals surface area (Å²) < 4.78 is 31.7. The smallest absolute Gasteiger partial charge is 0.475 e. The Morgan fingerprint density at radius 2 is 1.78 bits per heavy atom. The van der Waals surface area contributed by atoms with E-state index >= 15 is 0 Å². The molecule has 2 heterocycles. The van der Waals surface area contributed by atoms with E-state index in [4.69, 9.17) is 15.6 Å². The fourth-order valence-electron chi connectivity index (χ4n) is 2.46. The number of fused-ring (bicyclic) bond motifs is 1. The lowest BCUT2D eigenvalue weighted by Crippen LogP contribution is -2.21. The van der Waals surface area contributed by atoms with Crippen LogP contribution >= 0.6 is 0 Å². The Balaban J connectivity index is 0.000000451. The van der Waals surface area contributed by atoms with E-state index in [1.165, 1.54) is 0 Å². The maximum Gasteiger partial charge on any atom is 0.490 e. The van der Waals surface area contributed by atoms with E-state index in [0.717, 1.165) is 35.5 Å². The molecule has 3 aromatic rings. The molecule has 0 saturated carbocycles. The highest BCUT2D eigenvalue weighted by Gasteiger charge is 2.38. The van der Waals surface area contributed by atoms with E-state index in [1.807, 2.05) is 12.3 Å². The molecule has 1 amide bonds. The van der Waals surface area contributed by atoms with Crippen LogP contribution in [0.3, 0.4) is 0 Å². The van der Waals surface area contributed by atoms with Crippen molar-refractivity contribution in [2.75, 3.05) is 17.2 Å². The number of carbonyl (C=O) groups is 2. The predicted octanol–water partition coefficient (Wildman–Crippen LogP) is 3.89. The summed E-state index contributed by atoms with van der Waals surface area (Å²) in [5.74, 6) is -1.31. The average Bonchev–Trinajstić information content (AvgIpc) is 3.16. The number of anilines is 3. The highest BCUT2D eigenvalue weighted by atomic mass is 19.4. The fraction of sp³-hybridized carbons (Fsp3) is 0.300. The maximum atomic E-state index is 11.1. The molecule has 0 aliphatic rings. The van der Waals surface area contributed by atoms with Crippen LogP contribution in [0.15, 0.2) is 36.5 Å².